The minimum atomic E-state index is -0.550. The van der Waals surface area contributed by atoms with Crippen LogP contribution in [-0.4, -0.2) is 15.6 Å². The van der Waals surface area contributed by atoms with Crippen molar-refractivity contribution in [3.8, 4) is 5.75 Å². The molecule has 0 radical (unpaired) electrons. The lowest BCUT2D eigenvalue weighted by Gasteiger charge is -2.14. The molecule has 0 aliphatic carbocycles. The van der Waals surface area contributed by atoms with Crippen LogP contribution in [0, 0.1) is 6.92 Å². The van der Waals surface area contributed by atoms with Crippen molar-refractivity contribution >= 4 is 16.8 Å². The van der Waals surface area contributed by atoms with Gasteiger partial charge in [0.25, 0.3) is 11.5 Å². The van der Waals surface area contributed by atoms with Crippen molar-refractivity contribution in [3.05, 3.63) is 75.1 Å². The monoisotopic (exact) mass is 348 g/mol. The van der Waals surface area contributed by atoms with Gasteiger partial charge in [-0.25, -0.2) is 0 Å². The van der Waals surface area contributed by atoms with Crippen LogP contribution >= 0.6 is 0 Å². The van der Waals surface area contributed by atoms with Gasteiger partial charge in [-0.15, -0.1) is 0 Å². The van der Waals surface area contributed by atoms with Gasteiger partial charge in [-0.3, -0.25) is 9.59 Å². The van der Waals surface area contributed by atoms with E-state index in [1.54, 1.807) is 10.6 Å². The van der Waals surface area contributed by atoms with Crippen LogP contribution in [0.4, 0.5) is 0 Å². The summed E-state index contributed by atoms with van der Waals surface area (Å²) in [5, 5.41) is 14.0. The Labute approximate surface area is 150 Å². The average molecular weight is 348 g/mol. The molecule has 3 aromatic rings. The quantitative estimate of drug-likeness (QED) is 0.764. The topological polar surface area (TPSA) is 71.3 Å². The molecule has 0 saturated heterocycles. The molecule has 132 valence electrons. The van der Waals surface area contributed by atoms with Crippen molar-refractivity contribution < 1.29 is 9.90 Å². The Balaban J connectivity index is 1.77. The van der Waals surface area contributed by atoms with E-state index in [-0.39, 0.29) is 17.4 Å². The minimum absolute atomic E-state index is 0.0362. The molecule has 4 rings (SSSR count). The molecule has 26 heavy (non-hydrogen) atoms. The smallest absolute Gasteiger partial charge is 0.267 e. The summed E-state index contributed by atoms with van der Waals surface area (Å²) in [7, 11) is 0. The van der Waals surface area contributed by atoms with Gasteiger partial charge in [0.15, 0.2) is 0 Å². The maximum Gasteiger partial charge on any atom is 0.267 e. The number of carbonyl (C=O) groups excluding carboxylic acids is 1. The molecule has 1 aromatic heterocycles. The summed E-state index contributed by atoms with van der Waals surface area (Å²) >= 11 is 0. The number of pyridine rings is 1. The van der Waals surface area contributed by atoms with Crippen LogP contribution in [0.2, 0.25) is 0 Å². The third-order valence-electron chi connectivity index (χ3n) is 5.17. The molecule has 5 nitrogen and oxygen atoms in total. The standard InChI is InChI=1S/C21H20N2O3/c1-12-6-3-4-7-15(12)11-22-20(25)17-19(24)16-9-5-8-14-10-13(2)23(18(14)16)21(17)26/h3-9,13,24H,10-11H2,1-2H3,(H,22,25)/t13-/m0/s1. The van der Waals surface area contributed by atoms with Crippen LogP contribution in [0.1, 0.15) is 40.0 Å². The number of para-hydroxylation sites is 1. The van der Waals surface area contributed by atoms with Crippen molar-refractivity contribution in [2.45, 2.75) is 32.9 Å². The average Bonchev–Trinajstić information content (AvgIpc) is 2.96. The Morgan fingerprint density at radius 2 is 2.00 bits per heavy atom. The highest BCUT2D eigenvalue weighted by Crippen LogP contribution is 2.35. The fourth-order valence-electron chi connectivity index (χ4n) is 3.80. The summed E-state index contributed by atoms with van der Waals surface area (Å²) in [5.41, 5.74) is 3.17. The Bertz CT molecular complexity index is 1100. The van der Waals surface area contributed by atoms with Gasteiger partial charge >= 0.3 is 0 Å². The molecule has 5 heteroatoms. The molecule has 0 spiro atoms. The van der Waals surface area contributed by atoms with Gasteiger partial charge < -0.3 is 15.0 Å². The number of rotatable bonds is 3. The lowest BCUT2D eigenvalue weighted by Crippen LogP contribution is -2.33. The second kappa shape index (κ2) is 6.02. The Morgan fingerprint density at radius 3 is 2.77 bits per heavy atom. The van der Waals surface area contributed by atoms with Crippen molar-refractivity contribution in [1.82, 2.24) is 9.88 Å². The highest BCUT2D eigenvalue weighted by atomic mass is 16.3. The summed E-state index contributed by atoms with van der Waals surface area (Å²) < 4.78 is 1.63. The highest BCUT2D eigenvalue weighted by molar-refractivity contribution is 6.03. The number of benzene rings is 2. The third kappa shape index (κ3) is 2.39. The summed E-state index contributed by atoms with van der Waals surface area (Å²) in [6.07, 6.45) is 0.723. The van der Waals surface area contributed by atoms with E-state index in [1.807, 2.05) is 50.2 Å². The molecular formula is C21H20N2O3. The summed E-state index contributed by atoms with van der Waals surface area (Å²) in [6.45, 7) is 4.22. The van der Waals surface area contributed by atoms with Gasteiger partial charge in [0.2, 0.25) is 0 Å². The third-order valence-corrected chi connectivity index (χ3v) is 5.17. The van der Waals surface area contributed by atoms with Gasteiger partial charge in [-0.05, 0) is 43.0 Å². The number of hydrogen-bond acceptors (Lipinski definition) is 3. The highest BCUT2D eigenvalue weighted by Gasteiger charge is 2.29. The van der Waals surface area contributed by atoms with Crippen LogP contribution < -0.4 is 10.9 Å². The lowest BCUT2D eigenvalue weighted by atomic mass is 10.1. The number of nitrogens with zero attached hydrogens (tertiary/aromatic N) is 1. The molecule has 0 bridgehead atoms. The molecular weight excluding hydrogens is 328 g/mol. The van der Waals surface area contributed by atoms with E-state index in [1.165, 1.54) is 0 Å². The zero-order valence-electron chi connectivity index (χ0n) is 14.7. The summed E-state index contributed by atoms with van der Waals surface area (Å²) in [6, 6.07) is 13.2. The molecule has 0 fully saturated rings. The molecule has 0 saturated carbocycles. The first-order chi connectivity index (χ1) is 12.5. The van der Waals surface area contributed by atoms with Crippen LogP contribution in [0.25, 0.3) is 10.9 Å². The number of nitrogens with one attached hydrogen (secondary N) is 1. The first kappa shape index (κ1) is 16.4. The second-order valence-corrected chi connectivity index (χ2v) is 6.87. The first-order valence-corrected chi connectivity index (χ1v) is 8.70. The number of aromatic hydroxyl groups is 1. The van der Waals surface area contributed by atoms with E-state index in [2.05, 4.69) is 5.32 Å². The first-order valence-electron chi connectivity index (χ1n) is 8.70. The molecule has 1 atom stereocenters. The Hall–Kier alpha value is -3.08. The van der Waals surface area contributed by atoms with E-state index in [9.17, 15) is 14.7 Å². The number of aryl methyl sites for hydroxylation is 1. The van der Waals surface area contributed by atoms with Crippen LogP contribution in [0.5, 0.6) is 5.75 Å². The zero-order chi connectivity index (χ0) is 18.4. The van der Waals surface area contributed by atoms with Gasteiger partial charge in [-0.1, -0.05) is 36.4 Å². The van der Waals surface area contributed by atoms with Gasteiger partial charge in [0.1, 0.15) is 11.3 Å². The predicted molar refractivity (Wildman–Crippen MR) is 101 cm³/mol. The molecule has 0 unspecified atom stereocenters. The number of hydrogen-bond donors (Lipinski definition) is 2. The van der Waals surface area contributed by atoms with E-state index < -0.39 is 11.5 Å². The minimum Gasteiger partial charge on any atom is -0.506 e. The Morgan fingerprint density at radius 1 is 1.23 bits per heavy atom. The van der Waals surface area contributed by atoms with E-state index >= 15 is 0 Å². The van der Waals surface area contributed by atoms with E-state index in [0.29, 0.717) is 11.9 Å². The fourth-order valence-corrected chi connectivity index (χ4v) is 3.80. The van der Waals surface area contributed by atoms with Crippen LogP contribution in [-0.2, 0) is 13.0 Å². The van der Waals surface area contributed by atoms with E-state index in [4.69, 9.17) is 0 Å². The lowest BCUT2D eigenvalue weighted by molar-refractivity contribution is 0.0946. The molecule has 2 aromatic carbocycles. The maximum absolute atomic E-state index is 12.9. The molecule has 1 amide bonds. The zero-order valence-corrected chi connectivity index (χ0v) is 14.7. The van der Waals surface area contributed by atoms with Crippen LogP contribution in [0.3, 0.4) is 0 Å². The van der Waals surface area contributed by atoms with Crippen molar-refractivity contribution in [2.75, 3.05) is 0 Å². The molecule has 2 N–H and O–H groups in total. The summed E-state index contributed by atoms with van der Waals surface area (Å²) in [5.74, 6) is -0.787. The number of aromatic nitrogens is 1. The molecule has 1 aliphatic heterocycles. The second-order valence-electron chi connectivity index (χ2n) is 6.87. The van der Waals surface area contributed by atoms with Gasteiger partial charge in [-0.2, -0.15) is 0 Å². The number of amides is 1. The molecule has 2 heterocycles. The predicted octanol–water partition coefficient (Wildman–Crippen LogP) is 3.06. The van der Waals surface area contributed by atoms with Crippen LogP contribution in [0.15, 0.2) is 47.3 Å². The normalized spacial score (nSPS) is 15.4. The van der Waals surface area contributed by atoms with Crippen molar-refractivity contribution in [2.24, 2.45) is 0 Å². The maximum atomic E-state index is 12.9. The van der Waals surface area contributed by atoms with E-state index in [0.717, 1.165) is 28.6 Å². The van der Waals surface area contributed by atoms with Gasteiger partial charge in [0, 0.05) is 18.0 Å². The van der Waals surface area contributed by atoms with Crippen molar-refractivity contribution in [1.29, 1.82) is 0 Å². The van der Waals surface area contributed by atoms with Crippen molar-refractivity contribution in [3.63, 3.8) is 0 Å². The Kier molecular flexibility index (Phi) is 3.80. The molecule has 1 aliphatic rings. The van der Waals surface area contributed by atoms with Gasteiger partial charge in [0.05, 0.1) is 5.52 Å². The largest absolute Gasteiger partial charge is 0.506 e. The fraction of sp³-hybridized carbons (Fsp3) is 0.238. The SMILES string of the molecule is Cc1ccccc1CNC(=O)c1c(O)c2cccc3c2n(c1=O)[C@@H](C)C3. The summed E-state index contributed by atoms with van der Waals surface area (Å²) in [4.78, 5) is 25.7. The number of carbonyl (C=O) groups is 1.